The van der Waals surface area contributed by atoms with Crippen molar-refractivity contribution in [3.05, 3.63) is 77.6 Å². The first kappa shape index (κ1) is 33.7. The number of nitrogens with one attached hydrogen (secondary N) is 1. The van der Waals surface area contributed by atoms with Gasteiger partial charge in [-0.3, -0.25) is 4.79 Å². The number of carbonyl (C=O) groups excluding carboxylic acids is 3. The van der Waals surface area contributed by atoms with Gasteiger partial charge in [-0.25, -0.2) is 4.39 Å². The molecule has 1 aromatic heterocycles. The number of amides is 1. The van der Waals surface area contributed by atoms with E-state index in [0.717, 1.165) is 27.8 Å². The van der Waals surface area contributed by atoms with Crippen molar-refractivity contribution in [3.8, 4) is 22.5 Å². The minimum Gasteiger partial charge on any atom is -0.455 e. The van der Waals surface area contributed by atoms with Crippen LogP contribution in [0.4, 0.5) is 10.1 Å². The molecule has 6 nitrogen and oxygen atoms in total. The van der Waals surface area contributed by atoms with Crippen molar-refractivity contribution in [1.29, 1.82) is 0 Å². The summed E-state index contributed by atoms with van der Waals surface area (Å²) in [6.07, 6.45) is 0. The van der Waals surface area contributed by atoms with Gasteiger partial charge in [0.25, 0.3) is 5.91 Å². The first-order valence-electron chi connectivity index (χ1n) is 12.3. The fraction of sp³-hybridized carbons (Fsp3) is 0.258. The summed E-state index contributed by atoms with van der Waals surface area (Å²) in [5.41, 5.74) is 5.90. The van der Waals surface area contributed by atoms with Crippen molar-refractivity contribution in [3.63, 3.8) is 0 Å². The topological polar surface area (TPSA) is 79.6 Å². The molecule has 0 saturated carbocycles. The highest BCUT2D eigenvalue weighted by Gasteiger charge is 2.23. The normalized spacial score (nSPS) is 9.18. The van der Waals surface area contributed by atoms with Crippen LogP contribution in [-0.4, -0.2) is 40.6 Å². The molecular formula is C31H39FN2O4. The van der Waals surface area contributed by atoms with Gasteiger partial charge in [0.2, 0.25) is 0 Å². The predicted molar refractivity (Wildman–Crippen MR) is 156 cm³/mol. The van der Waals surface area contributed by atoms with Crippen molar-refractivity contribution in [2.45, 2.75) is 34.6 Å². The molecule has 0 fully saturated rings. The Kier molecular flexibility index (Phi) is 15.3. The van der Waals surface area contributed by atoms with Crippen LogP contribution in [0.25, 0.3) is 33.4 Å². The molecular weight excluding hydrogens is 483 g/mol. The number of rotatable bonds is 4. The average molecular weight is 523 g/mol. The number of hydrogen-bond acceptors (Lipinski definition) is 5. The van der Waals surface area contributed by atoms with Crippen LogP contribution in [0.3, 0.4) is 0 Å². The van der Waals surface area contributed by atoms with Crippen LogP contribution in [0.15, 0.2) is 65.1 Å². The van der Waals surface area contributed by atoms with Gasteiger partial charge in [0, 0.05) is 49.4 Å². The molecule has 0 radical (unpaired) electrons. The van der Waals surface area contributed by atoms with Gasteiger partial charge < -0.3 is 24.2 Å². The number of halogens is 1. The van der Waals surface area contributed by atoms with E-state index in [9.17, 15) is 9.18 Å². The van der Waals surface area contributed by atoms with Crippen LogP contribution in [0.1, 0.15) is 43.6 Å². The van der Waals surface area contributed by atoms with E-state index in [1.165, 1.54) is 12.1 Å². The van der Waals surface area contributed by atoms with Crippen LogP contribution in [-0.2, 0) is 9.59 Å². The highest BCUT2D eigenvalue weighted by Crippen LogP contribution is 2.40. The number of fused-ring (bicyclic) bond motifs is 1. The van der Waals surface area contributed by atoms with Crippen LogP contribution in [0.5, 0.6) is 0 Å². The summed E-state index contributed by atoms with van der Waals surface area (Å²) in [6, 6.07) is 18.2. The second-order valence-electron chi connectivity index (χ2n) is 7.52. The lowest BCUT2D eigenvalue weighted by Crippen LogP contribution is -2.18. The number of carbonyl (C=O) groups is 3. The Hall–Kier alpha value is -4.26. The van der Waals surface area contributed by atoms with Crippen LogP contribution in [0.2, 0.25) is 0 Å². The van der Waals surface area contributed by atoms with Crippen molar-refractivity contribution in [1.82, 2.24) is 5.32 Å². The van der Waals surface area contributed by atoms with E-state index in [0.29, 0.717) is 22.5 Å². The molecule has 0 spiro atoms. The van der Waals surface area contributed by atoms with Crippen molar-refractivity contribution in [2.24, 2.45) is 0 Å². The van der Waals surface area contributed by atoms with E-state index in [4.69, 9.17) is 14.0 Å². The molecule has 38 heavy (non-hydrogen) atoms. The minimum atomic E-state index is -0.340. The van der Waals surface area contributed by atoms with Crippen molar-refractivity contribution < 1.29 is 23.2 Å². The molecule has 0 bridgehead atoms. The standard InChI is InChI=1S/C25H23FN2O2.2C2H6.2CH2O/c1-15-6-5-7-17(12-15)19-13-20-22(14-21(19)28(3)4)30-24(23(20)25(29)27-2)16-8-10-18(26)11-9-16;4*1-2/h5-14H,1-4H3,(H,27,29);2*1-2H3;2*1H2. The summed E-state index contributed by atoms with van der Waals surface area (Å²) >= 11 is 0. The third kappa shape index (κ3) is 7.87. The molecule has 7 heteroatoms. The second kappa shape index (κ2) is 17.2. The lowest BCUT2D eigenvalue weighted by Gasteiger charge is -2.18. The lowest BCUT2D eigenvalue weighted by atomic mass is 9.97. The number of benzene rings is 3. The predicted octanol–water partition coefficient (Wildman–Crippen LogP) is 7.32. The zero-order valence-electron chi connectivity index (χ0n) is 23.6. The molecule has 4 rings (SSSR count). The maximum absolute atomic E-state index is 13.4. The Morgan fingerprint density at radius 1 is 0.868 bits per heavy atom. The molecule has 1 heterocycles. The molecule has 1 N–H and O–H groups in total. The Labute approximate surface area is 225 Å². The quantitative estimate of drug-likeness (QED) is 0.304. The molecule has 0 aliphatic carbocycles. The van der Waals surface area contributed by atoms with E-state index in [2.05, 4.69) is 30.4 Å². The highest BCUT2D eigenvalue weighted by atomic mass is 19.1. The zero-order valence-corrected chi connectivity index (χ0v) is 23.6. The summed E-state index contributed by atoms with van der Waals surface area (Å²) in [6.45, 7) is 14.1. The summed E-state index contributed by atoms with van der Waals surface area (Å²) in [7, 11) is 5.54. The molecule has 204 valence electrons. The smallest absolute Gasteiger partial charge is 0.255 e. The van der Waals surface area contributed by atoms with E-state index in [1.807, 2.05) is 78.5 Å². The molecule has 3 aromatic carbocycles. The van der Waals surface area contributed by atoms with Crippen molar-refractivity contribution in [2.75, 3.05) is 26.0 Å². The van der Waals surface area contributed by atoms with Gasteiger partial charge in [0.1, 0.15) is 30.7 Å². The summed E-state index contributed by atoms with van der Waals surface area (Å²) in [5.74, 6) is -0.163. The SMILES string of the molecule is C=O.C=O.CC.CC.CNC(=O)c1c(-c2ccc(F)cc2)oc2cc(N(C)C)c(-c3cccc(C)c3)cc12. The third-order valence-corrected chi connectivity index (χ3v) is 5.18. The molecule has 0 aliphatic heterocycles. The molecule has 0 atom stereocenters. The van der Waals surface area contributed by atoms with Gasteiger partial charge in [-0.05, 0) is 42.8 Å². The summed E-state index contributed by atoms with van der Waals surface area (Å²) in [4.78, 5) is 30.8. The molecule has 1 amide bonds. The molecule has 0 unspecified atom stereocenters. The highest BCUT2D eigenvalue weighted by molar-refractivity contribution is 6.12. The van der Waals surface area contributed by atoms with Gasteiger partial charge in [0.05, 0.1) is 5.56 Å². The largest absolute Gasteiger partial charge is 0.455 e. The van der Waals surface area contributed by atoms with Gasteiger partial charge in [-0.1, -0.05) is 57.5 Å². The number of furan rings is 1. The molecule has 4 aromatic rings. The summed E-state index contributed by atoms with van der Waals surface area (Å²) in [5, 5.41) is 3.42. The number of hydrogen-bond donors (Lipinski definition) is 1. The molecule has 0 aliphatic rings. The Morgan fingerprint density at radius 3 is 1.95 bits per heavy atom. The molecule has 0 saturated heterocycles. The summed E-state index contributed by atoms with van der Waals surface area (Å²) < 4.78 is 19.6. The van der Waals surface area contributed by atoms with Crippen LogP contribution < -0.4 is 10.2 Å². The fourth-order valence-corrected chi connectivity index (χ4v) is 3.70. The maximum atomic E-state index is 13.4. The first-order valence-corrected chi connectivity index (χ1v) is 12.3. The lowest BCUT2D eigenvalue weighted by molar-refractivity contribution is -0.0987. The van der Waals surface area contributed by atoms with Gasteiger partial charge in [-0.15, -0.1) is 0 Å². The van der Waals surface area contributed by atoms with E-state index in [1.54, 1.807) is 19.2 Å². The van der Waals surface area contributed by atoms with Gasteiger partial charge >= 0.3 is 0 Å². The van der Waals surface area contributed by atoms with Gasteiger partial charge in [0.15, 0.2) is 0 Å². The number of aryl methyl sites for hydroxylation is 1. The monoisotopic (exact) mass is 522 g/mol. The van der Waals surface area contributed by atoms with E-state index < -0.39 is 0 Å². The third-order valence-electron chi connectivity index (χ3n) is 5.18. The first-order chi connectivity index (χ1) is 18.4. The van der Waals surface area contributed by atoms with Crippen LogP contribution in [0, 0.1) is 12.7 Å². The van der Waals surface area contributed by atoms with Crippen LogP contribution >= 0.6 is 0 Å². The Balaban J connectivity index is 0.00000157. The van der Waals surface area contributed by atoms with Crippen molar-refractivity contribution >= 4 is 36.1 Å². The van der Waals surface area contributed by atoms with Gasteiger partial charge in [-0.2, -0.15) is 0 Å². The number of anilines is 1. The minimum absolute atomic E-state index is 0.249. The zero-order chi connectivity index (χ0) is 29.4. The Morgan fingerprint density at radius 2 is 1.45 bits per heavy atom. The number of nitrogens with zero attached hydrogens (tertiary/aromatic N) is 1. The maximum Gasteiger partial charge on any atom is 0.255 e. The van der Waals surface area contributed by atoms with E-state index in [-0.39, 0.29) is 11.7 Å². The second-order valence-corrected chi connectivity index (χ2v) is 7.52. The fourth-order valence-electron chi connectivity index (χ4n) is 3.70. The van der Waals surface area contributed by atoms with E-state index >= 15 is 0 Å². The average Bonchev–Trinajstić information content (AvgIpc) is 3.35. The Bertz CT molecular complexity index is 1280.